The summed E-state index contributed by atoms with van der Waals surface area (Å²) < 4.78 is 0.940. The Kier molecular flexibility index (Phi) is 4.66. The predicted octanol–water partition coefficient (Wildman–Crippen LogP) is 2.07. The quantitative estimate of drug-likeness (QED) is 0.481. The van der Waals surface area contributed by atoms with Crippen molar-refractivity contribution in [1.29, 1.82) is 0 Å². The van der Waals surface area contributed by atoms with Gasteiger partial charge in [-0.05, 0) is 17.7 Å². The highest BCUT2D eigenvalue weighted by Crippen LogP contribution is 2.26. The molecule has 110 valence electrons. The van der Waals surface area contributed by atoms with Crippen LogP contribution in [0.15, 0.2) is 34.9 Å². The number of halogens is 1. The molecule has 0 aliphatic rings. The van der Waals surface area contributed by atoms with Crippen LogP contribution >= 0.6 is 15.9 Å². The van der Waals surface area contributed by atoms with Gasteiger partial charge < -0.3 is 4.90 Å². The number of nitrogens with two attached hydrogens (primary N) is 1. The Labute approximate surface area is 129 Å². The van der Waals surface area contributed by atoms with Gasteiger partial charge in [-0.15, -0.1) is 0 Å². The molecule has 3 N–H and O–H groups in total. The molecule has 1 aromatic heterocycles. The molecule has 0 amide bonds. The smallest absolute Gasteiger partial charge is 0.329 e. The molecule has 1 heterocycles. The van der Waals surface area contributed by atoms with E-state index < -0.39 is 4.92 Å². The Balaban J connectivity index is 2.33. The number of nitrogen functional groups attached to an aromatic ring is 1. The molecule has 0 aliphatic heterocycles. The molecule has 0 bridgehead atoms. The van der Waals surface area contributed by atoms with Crippen LogP contribution in [0, 0.1) is 10.1 Å². The summed E-state index contributed by atoms with van der Waals surface area (Å²) in [4.78, 5) is 20.0. The van der Waals surface area contributed by atoms with E-state index >= 15 is 0 Å². The minimum Gasteiger partial charge on any atom is -0.349 e. The summed E-state index contributed by atoms with van der Waals surface area (Å²) >= 11 is 3.39. The van der Waals surface area contributed by atoms with Crippen molar-refractivity contribution in [3.05, 3.63) is 50.6 Å². The number of hydrogen-bond donors (Lipinski definition) is 2. The molecule has 0 saturated heterocycles. The average Bonchev–Trinajstić information content (AvgIpc) is 2.46. The van der Waals surface area contributed by atoms with Crippen LogP contribution in [0.1, 0.15) is 5.56 Å². The molecule has 0 fully saturated rings. The first-order chi connectivity index (χ1) is 10.0. The van der Waals surface area contributed by atoms with Gasteiger partial charge >= 0.3 is 5.69 Å². The van der Waals surface area contributed by atoms with Crippen LogP contribution in [0.4, 0.5) is 17.5 Å². The van der Waals surface area contributed by atoms with Crippen molar-refractivity contribution >= 4 is 33.4 Å². The zero-order valence-electron chi connectivity index (χ0n) is 11.2. The normalized spacial score (nSPS) is 10.2. The van der Waals surface area contributed by atoms with Crippen molar-refractivity contribution in [2.45, 2.75) is 6.54 Å². The van der Waals surface area contributed by atoms with E-state index in [1.54, 1.807) is 11.9 Å². The lowest BCUT2D eigenvalue weighted by atomic mass is 10.2. The molecular formula is C12H13BrN6O2. The number of hydrazine groups is 1. The minimum absolute atomic E-state index is 0.122. The van der Waals surface area contributed by atoms with Crippen LogP contribution in [0.3, 0.4) is 0 Å². The van der Waals surface area contributed by atoms with Gasteiger partial charge in [-0.3, -0.25) is 15.5 Å². The molecule has 0 spiro atoms. The van der Waals surface area contributed by atoms with Gasteiger partial charge in [0.05, 0.1) is 4.92 Å². The fourth-order valence-corrected chi connectivity index (χ4v) is 2.28. The van der Waals surface area contributed by atoms with Gasteiger partial charge in [0.2, 0.25) is 11.8 Å². The molecule has 9 heteroatoms. The minimum atomic E-state index is -0.521. The molecule has 0 radical (unpaired) electrons. The zero-order valence-corrected chi connectivity index (χ0v) is 12.7. The summed E-state index contributed by atoms with van der Waals surface area (Å²) in [6.07, 6.45) is 1.13. The number of rotatable bonds is 5. The second-order valence-electron chi connectivity index (χ2n) is 4.29. The predicted molar refractivity (Wildman–Crippen MR) is 82.7 cm³/mol. The van der Waals surface area contributed by atoms with E-state index in [4.69, 9.17) is 5.84 Å². The first-order valence-electron chi connectivity index (χ1n) is 5.95. The summed E-state index contributed by atoms with van der Waals surface area (Å²) in [6.45, 7) is 0.460. The Hall–Kier alpha value is -2.26. The van der Waals surface area contributed by atoms with E-state index in [1.807, 2.05) is 24.3 Å². The van der Waals surface area contributed by atoms with Gasteiger partial charge in [-0.1, -0.05) is 28.1 Å². The summed E-state index contributed by atoms with van der Waals surface area (Å²) in [5.74, 6) is 5.57. The highest BCUT2D eigenvalue weighted by Gasteiger charge is 2.20. The molecule has 1 aromatic carbocycles. The monoisotopic (exact) mass is 352 g/mol. The van der Waals surface area contributed by atoms with Gasteiger partial charge in [0, 0.05) is 18.1 Å². The van der Waals surface area contributed by atoms with E-state index in [1.165, 1.54) is 0 Å². The van der Waals surface area contributed by atoms with Gasteiger partial charge in [-0.25, -0.2) is 10.8 Å². The van der Waals surface area contributed by atoms with Crippen molar-refractivity contribution < 1.29 is 4.92 Å². The first kappa shape index (κ1) is 15.1. The Morgan fingerprint density at radius 3 is 2.90 bits per heavy atom. The van der Waals surface area contributed by atoms with Crippen LogP contribution in [-0.4, -0.2) is 21.9 Å². The van der Waals surface area contributed by atoms with E-state index in [-0.39, 0.29) is 17.5 Å². The zero-order chi connectivity index (χ0) is 15.4. The van der Waals surface area contributed by atoms with Crippen LogP contribution < -0.4 is 16.2 Å². The summed E-state index contributed by atoms with van der Waals surface area (Å²) in [5, 5.41) is 11.1. The van der Waals surface area contributed by atoms with E-state index in [9.17, 15) is 10.1 Å². The lowest BCUT2D eigenvalue weighted by molar-refractivity contribution is -0.384. The van der Waals surface area contributed by atoms with Gasteiger partial charge in [0.25, 0.3) is 0 Å². The van der Waals surface area contributed by atoms with Crippen LogP contribution in [0.5, 0.6) is 0 Å². The summed E-state index contributed by atoms with van der Waals surface area (Å²) in [6, 6.07) is 7.67. The number of hydrogen-bond acceptors (Lipinski definition) is 7. The molecule has 2 aromatic rings. The number of nitrogens with one attached hydrogen (secondary N) is 1. The van der Waals surface area contributed by atoms with Crippen LogP contribution in [0.2, 0.25) is 0 Å². The highest BCUT2D eigenvalue weighted by molar-refractivity contribution is 9.10. The van der Waals surface area contributed by atoms with Crippen molar-refractivity contribution in [3.63, 3.8) is 0 Å². The number of benzene rings is 1. The highest BCUT2D eigenvalue weighted by atomic mass is 79.9. The fraction of sp³-hybridized carbons (Fsp3) is 0.167. The van der Waals surface area contributed by atoms with Gasteiger partial charge in [-0.2, -0.15) is 4.98 Å². The Morgan fingerprint density at radius 2 is 2.29 bits per heavy atom. The lowest BCUT2D eigenvalue weighted by Gasteiger charge is -2.18. The standard InChI is InChI=1S/C12H13BrN6O2/c1-18(7-8-3-2-4-9(13)5-8)11-10(19(20)21)6-15-12(16-11)17-14/h2-6H,7,14H2,1H3,(H,15,16,17). The number of aromatic nitrogens is 2. The molecule has 0 unspecified atom stereocenters. The van der Waals surface area contributed by atoms with Gasteiger partial charge in [0.1, 0.15) is 6.20 Å². The molecule has 0 aliphatic carbocycles. The van der Waals surface area contributed by atoms with Crippen molar-refractivity contribution in [3.8, 4) is 0 Å². The molecule has 0 atom stereocenters. The lowest BCUT2D eigenvalue weighted by Crippen LogP contribution is -2.21. The third kappa shape index (κ3) is 3.64. The number of nitro groups is 1. The molecule has 8 nitrogen and oxygen atoms in total. The summed E-state index contributed by atoms with van der Waals surface area (Å²) in [5.41, 5.74) is 3.10. The van der Waals surface area contributed by atoms with Crippen molar-refractivity contribution in [2.75, 3.05) is 17.4 Å². The molecule has 21 heavy (non-hydrogen) atoms. The second-order valence-corrected chi connectivity index (χ2v) is 5.21. The largest absolute Gasteiger partial charge is 0.349 e. The maximum absolute atomic E-state index is 11.1. The van der Waals surface area contributed by atoms with Crippen molar-refractivity contribution in [2.24, 2.45) is 5.84 Å². The maximum Gasteiger partial charge on any atom is 0.329 e. The Bertz CT molecular complexity index is 666. The first-order valence-corrected chi connectivity index (χ1v) is 6.74. The number of nitrogens with zero attached hydrogens (tertiary/aromatic N) is 4. The van der Waals surface area contributed by atoms with E-state index in [0.29, 0.717) is 6.54 Å². The third-order valence-corrected chi connectivity index (χ3v) is 3.24. The SMILES string of the molecule is CN(Cc1cccc(Br)c1)c1nc(NN)ncc1[N+](=O)[O-]. The van der Waals surface area contributed by atoms with Crippen molar-refractivity contribution in [1.82, 2.24) is 9.97 Å². The van der Waals surface area contributed by atoms with Crippen LogP contribution in [0.25, 0.3) is 0 Å². The van der Waals surface area contributed by atoms with E-state index in [0.717, 1.165) is 16.2 Å². The molecular weight excluding hydrogens is 340 g/mol. The van der Waals surface area contributed by atoms with Gasteiger partial charge in [0.15, 0.2) is 0 Å². The summed E-state index contributed by atoms with van der Waals surface area (Å²) in [7, 11) is 1.72. The fourth-order valence-electron chi connectivity index (χ4n) is 1.83. The molecule has 0 saturated carbocycles. The van der Waals surface area contributed by atoms with Crippen LogP contribution in [-0.2, 0) is 6.54 Å². The topological polar surface area (TPSA) is 110 Å². The second kappa shape index (κ2) is 6.46. The third-order valence-electron chi connectivity index (χ3n) is 2.75. The van der Waals surface area contributed by atoms with E-state index in [2.05, 4.69) is 31.3 Å². The number of anilines is 2. The maximum atomic E-state index is 11.1. The molecule has 2 rings (SSSR count). The Morgan fingerprint density at radius 1 is 1.52 bits per heavy atom. The average molecular weight is 353 g/mol.